The highest BCUT2D eigenvalue weighted by Gasteiger charge is 2.30. The van der Waals surface area contributed by atoms with E-state index >= 15 is 0 Å². The Bertz CT molecular complexity index is 1200. The zero-order valence-corrected chi connectivity index (χ0v) is 17.9. The monoisotopic (exact) mass is 479 g/mol. The van der Waals surface area contributed by atoms with Gasteiger partial charge < -0.3 is 20.9 Å². The number of hydrogen-bond donors (Lipinski definition) is 3. The number of hydrogen-bond acceptors (Lipinski definition) is 6. The van der Waals surface area contributed by atoms with Gasteiger partial charge in [-0.3, -0.25) is 9.48 Å². The molecule has 1 amide bonds. The number of alkyl halides is 1. The predicted octanol–water partition coefficient (Wildman–Crippen LogP) is 3.37. The number of nitrogens with two attached hydrogens (primary N) is 1. The van der Waals surface area contributed by atoms with Crippen LogP contribution in [0.25, 0.3) is 11.3 Å². The highest BCUT2D eigenvalue weighted by atomic mass is 19.1. The van der Waals surface area contributed by atoms with Gasteiger partial charge in [0, 0.05) is 25.2 Å². The number of amides is 1. The molecule has 1 aliphatic heterocycles. The van der Waals surface area contributed by atoms with Crippen molar-refractivity contribution >= 4 is 11.6 Å². The van der Waals surface area contributed by atoms with E-state index in [1.54, 1.807) is 7.05 Å². The average molecular weight is 479 g/mol. The molecule has 4 rings (SSSR count). The van der Waals surface area contributed by atoms with Crippen molar-refractivity contribution in [3.05, 3.63) is 59.3 Å². The molecule has 180 valence electrons. The van der Waals surface area contributed by atoms with Crippen LogP contribution in [0.4, 0.5) is 23.2 Å². The quantitative estimate of drug-likeness (QED) is 0.495. The van der Waals surface area contributed by atoms with Crippen molar-refractivity contribution in [2.45, 2.75) is 31.2 Å². The minimum atomic E-state index is -1.32. The molecule has 3 aromatic rings. The first kappa shape index (κ1) is 23.6. The first-order valence-corrected chi connectivity index (χ1v) is 10.3. The molecule has 4 N–H and O–H groups in total. The van der Waals surface area contributed by atoms with Crippen molar-refractivity contribution in [3.63, 3.8) is 0 Å². The van der Waals surface area contributed by atoms with E-state index in [-0.39, 0.29) is 18.0 Å². The van der Waals surface area contributed by atoms with Gasteiger partial charge in [0.25, 0.3) is 5.91 Å². The number of aromatic nitrogens is 3. The summed E-state index contributed by atoms with van der Waals surface area (Å²) in [6, 6.07) is 2.45. The maximum absolute atomic E-state index is 14.4. The Hall–Kier alpha value is -3.51. The SMILES string of the molecule is Cn1ncc(NC(=O)c2ccc(F)c(-c3c(F)cc(O)cc3F)n2)c1[C@@H]1CC[C@@H](N)[C@H](F)CO1. The van der Waals surface area contributed by atoms with Gasteiger partial charge in [0.15, 0.2) is 0 Å². The summed E-state index contributed by atoms with van der Waals surface area (Å²) in [6.45, 7) is -0.211. The van der Waals surface area contributed by atoms with Gasteiger partial charge in [-0.05, 0) is 25.0 Å². The van der Waals surface area contributed by atoms with Gasteiger partial charge in [0.2, 0.25) is 0 Å². The first-order valence-electron chi connectivity index (χ1n) is 10.3. The summed E-state index contributed by atoms with van der Waals surface area (Å²) in [4.78, 5) is 16.7. The summed E-state index contributed by atoms with van der Waals surface area (Å²) in [5.41, 5.74) is 4.61. The molecule has 1 aromatic carbocycles. The molecule has 8 nitrogen and oxygen atoms in total. The summed E-state index contributed by atoms with van der Waals surface area (Å²) in [5.74, 6) is -5.04. The fourth-order valence-corrected chi connectivity index (χ4v) is 3.80. The Morgan fingerprint density at radius 1 is 1.21 bits per heavy atom. The summed E-state index contributed by atoms with van der Waals surface area (Å²) in [7, 11) is 1.62. The number of pyridine rings is 1. The fraction of sp³-hybridized carbons (Fsp3) is 0.318. The lowest BCUT2D eigenvalue weighted by molar-refractivity contribution is 0.0247. The number of carbonyl (C=O) groups excluding carboxylic acids is 1. The lowest BCUT2D eigenvalue weighted by atomic mass is 10.0. The smallest absolute Gasteiger partial charge is 0.274 e. The van der Waals surface area contributed by atoms with Crippen LogP contribution in [-0.2, 0) is 11.8 Å². The Morgan fingerprint density at radius 3 is 2.62 bits per heavy atom. The third kappa shape index (κ3) is 4.59. The normalized spacial score (nSPS) is 20.7. The van der Waals surface area contributed by atoms with Crippen molar-refractivity contribution in [1.82, 2.24) is 14.8 Å². The minimum Gasteiger partial charge on any atom is -0.508 e. The molecule has 34 heavy (non-hydrogen) atoms. The number of anilines is 1. The number of aromatic hydroxyl groups is 1. The van der Waals surface area contributed by atoms with Crippen molar-refractivity contribution in [1.29, 1.82) is 0 Å². The van der Waals surface area contributed by atoms with E-state index in [2.05, 4.69) is 15.4 Å². The molecular formula is C22H21F4N5O3. The molecule has 0 saturated carbocycles. The van der Waals surface area contributed by atoms with Crippen molar-refractivity contribution in [2.24, 2.45) is 12.8 Å². The molecule has 12 heteroatoms. The summed E-state index contributed by atoms with van der Waals surface area (Å²) >= 11 is 0. The topological polar surface area (TPSA) is 115 Å². The van der Waals surface area contributed by atoms with Crippen LogP contribution >= 0.6 is 0 Å². The lowest BCUT2D eigenvalue weighted by Gasteiger charge is -2.17. The zero-order valence-electron chi connectivity index (χ0n) is 17.9. The number of carbonyl (C=O) groups is 1. The molecular weight excluding hydrogens is 458 g/mol. The number of rotatable bonds is 4. The van der Waals surface area contributed by atoms with Gasteiger partial charge in [-0.1, -0.05) is 0 Å². The van der Waals surface area contributed by atoms with Crippen LogP contribution < -0.4 is 11.1 Å². The van der Waals surface area contributed by atoms with Crippen molar-refractivity contribution < 1.29 is 32.2 Å². The Kier molecular flexibility index (Phi) is 6.53. The number of nitrogens with one attached hydrogen (secondary N) is 1. The predicted molar refractivity (Wildman–Crippen MR) is 113 cm³/mol. The van der Waals surface area contributed by atoms with E-state index in [1.165, 1.54) is 10.9 Å². The molecule has 0 bridgehead atoms. The van der Waals surface area contributed by atoms with Crippen LogP contribution in [0.3, 0.4) is 0 Å². The number of ether oxygens (including phenoxy) is 1. The molecule has 1 fully saturated rings. The largest absolute Gasteiger partial charge is 0.508 e. The van der Waals surface area contributed by atoms with Crippen LogP contribution in [0.2, 0.25) is 0 Å². The number of phenols is 1. The standard InChI is InChI=1S/C22H21F4N5O3/c1-31-21(18-5-3-15(27)14(26)9-34-18)17(8-28-31)30-22(33)16-4-2-11(23)20(29-16)19-12(24)6-10(32)7-13(19)25/h2,4,6-8,14-15,18,32H,3,5,9,27H2,1H3,(H,30,33)/t14-,15-,18+/m1/s1. The molecule has 1 saturated heterocycles. The second-order valence-corrected chi connectivity index (χ2v) is 7.91. The molecule has 1 aliphatic rings. The Balaban J connectivity index is 1.62. The molecule has 0 unspecified atom stereocenters. The van der Waals surface area contributed by atoms with E-state index < -0.39 is 58.7 Å². The van der Waals surface area contributed by atoms with Gasteiger partial charge in [0.1, 0.15) is 46.9 Å². The molecule has 0 radical (unpaired) electrons. The second-order valence-electron chi connectivity index (χ2n) is 7.91. The maximum Gasteiger partial charge on any atom is 0.274 e. The van der Waals surface area contributed by atoms with E-state index in [4.69, 9.17) is 10.5 Å². The molecule has 0 spiro atoms. The number of nitrogens with zero attached hydrogens (tertiary/aromatic N) is 3. The highest BCUT2D eigenvalue weighted by molar-refractivity contribution is 6.03. The number of halogens is 4. The van der Waals surface area contributed by atoms with E-state index in [1.807, 2.05) is 0 Å². The minimum absolute atomic E-state index is 0.211. The number of phenolic OH excluding ortho intramolecular Hbond substituents is 1. The van der Waals surface area contributed by atoms with Crippen molar-refractivity contribution in [3.8, 4) is 17.0 Å². The van der Waals surface area contributed by atoms with Gasteiger partial charge >= 0.3 is 0 Å². The van der Waals surface area contributed by atoms with Crippen LogP contribution in [0, 0.1) is 17.5 Å². The van der Waals surface area contributed by atoms with Crippen LogP contribution in [0.15, 0.2) is 30.5 Å². The average Bonchev–Trinajstić information content (AvgIpc) is 3.04. The lowest BCUT2D eigenvalue weighted by Crippen LogP contribution is -2.32. The van der Waals surface area contributed by atoms with E-state index in [0.29, 0.717) is 30.7 Å². The molecule has 3 heterocycles. The maximum atomic E-state index is 14.4. The second kappa shape index (κ2) is 9.39. The molecule has 2 aromatic heterocycles. The third-order valence-electron chi connectivity index (χ3n) is 5.56. The van der Waals surface area contributed by atoms with E-state index in [9.17, 15) is 27.5 Å². The summed E-state index contributed by atoms with van der Waals surface area (Å²) in [6.07, 6.45) is 0.197. The fourth-order valence-electron chi connectivity index (χ4n) is 3.80. The number of aryl methyl sites for hydroxylation is 1. The van der Waals surface area contributed by atoms with E-state index in [0.717, 1.165) is 12.1 Å². The highest BCUT2D eigenvalue weighted by Crippen LogP contribution is 2.33. The van der Waals surface area contributed by atoms with Crippen LogP contribution in [-0.4, -0.2) is 44.6 Å². The Morgan fingerprint density at radius 2 is 1.91 bits per heavy atom. The first-order chi connectivity index (χ1) is 16.2. The van der Waals surface area contributed by atoms with Gasteiger partial charge in [-0.15, -0.1) is 0 Å². The number of benzene rings is 1. The van der Waals surface area contributed by atoms with Gasteiger partial charge in [-0.25, -0.2) is 22.5 Å². The van der Waals surface area contributed by atoms with Crippen LogP contribution in [0.1, 0.15) is 35.1 Å². The Labute approximate surface area is 191 Å². The van der Waals surface area contributed by atoms with Gasteiger partial charge in [0.05, 0.1) is 29.7 Å². The molecule has 0 aliphatic carbocycles. The summed E-state index contributed by atoms with van der Waals surface area (Å²) < 4.78 is 63.9. The van der Waals surface area contributed by atoms with Gasteiger partial charge in [-0.2, -0.15) is 5.10 Å². The van der Waals surface area contributed by atoms with Crippen LogP contribution in [0.5, 0.6) is 5.75 Å². The molecule has 3 atom stereocenters. The van der Waals surface area contributed by atoms with Crippen molar-refractivity contribution in [2.75, 3.05) is 11.9 Å². The zero-order chi connectivity index (χ0) is 24.6. The third-order valence-corrected chi connectivity index (χ3v) is 5.56. The summed E-state index contributed by atoms with van der Waals surface area (Å²) in [5, 5.41) is 16.0.